The summed E-state index contributed by atoms with van der Waals surface area (Å²) in [6, 6.07) is 12.1. The highest BCUT2D eigenvalue weighted by Crippen LogP contribution is 2.26. The van der Waals surface area contributed by atoms with Crippen LogP contribution in [0.25, 0.3) is 11.1 Å². The zero-order chi connectivity index (χ0) is 19.9. The van der Waals surface area contributed by atoms with Crippen molar-refractivity contribution in [3.63, 3.8) is 0 Å². The predicted octanol–water partition coefficient (Wildman–Crippen LogP) is 3.34. The molecule has 6 heteroatoms. The number of benzene rings is 2. The first-order valence-corrected chi connectivity index (χ1v) is 9.62. The van der Waals surface area contributed by atoms with Crippen molar-refractivity contribution in [3.05, 3.63) is 53.8 Å². The molecule has 3 rings (SSSR count). The van der Waals surface area contributed by atoms with Gasteiger partial charge >= 0.3 is 0 Å². The number of halogens is 1. The van der Waals surface area contributed by atoms with Crippen LogP contribution in [0.2, 0.25) is 0 Å². The van der Waals surface area contributed by atoms with Gasteiger partial charge in [0.1, 0.15) is 11.6 Å². The first kappa shape index (κ1) is 20.3. The van der Waals surface area contributed by atoms with Gasteiger partial charge < -0.3 is 14.8 Å². The number of rotatable bonds is 7. The van der Waals surface area contributed by atoms with Gasteiger partial charge in [-0.1, -0.05) is 12.1 Å². The maximum absolute atomic E-state index is 14.3. The molecular formula is C22H27FN2O3. The molecule has 0 spiro atoms. The van der Waals surface area contributed by atoms with Gasteiger partial charge in [0.25, 0.3) is 5.91 Å². The Kier molecular flexibility index (Phi) is 7.01. The maximum Gasteiger partial charge on any atom is 0.251 e. The molecule has 0 saturated carbocycles. The Morgan fingerprint density at radius 1 is 1.25 bits per heavy atom. The van der Waals surface area contributed by atoms with Gasteiger partial charge in [-0.25, -0.2) is 4.39 Å². The number of hydrogen-bond donors (Lipinski definition) is 1. The van der Waals surface area contributed by atoms with Gasteiger partial charge in [-0.15, -0.1) is 0 Å². The molecule has 0 bridgehead atoms. The van der Waals surface area contributed by atoms with Crippen LogP contribution in [-0.2, 0) is 4.74 Å². The van der Waals surface area contributed by atoms with Crippen LogP contribution in [0.4, 0.5) is 4.39 Å². The summed E-state index contributed by atoms with van der Waals surface area (Å²) in [7, 11) is 1.50. The van der Waals surface area contributed by atoms with Crippen LogP contribution in [-0.4, -0.2) is 56.8 Å². The molecule has 1 N–H and O–H groups in total. The second-order valence-corrected chi connectivity index (χ2v) is 6.97. The third-order valence-corrected chi connectivity index (χ3v) is 5.13. The third kappa shape index (κ3) is 5.09. The summed E-state index contributed by atoms with van der Waals surface area (Å²) in [6.07, 6.45) is 0.874. The first-order valence-electron chi connectivity index (χ1n) is 9.62. The molecule has 0 aromatic heterocycles. The van der Waals surface area contributed by atoms with Crippen molar-refractivity contribution in [1.82, 2.24) is 10.2 Å². The lowest BCUT2D eigenvalue weighted by Crippen LogP contribution is -2.43. The molecule has 1 aliphatic heterocycles. The Bertz CT molecular complexity index is 806. The molecule has 28 heavy (non-hydrogen) atoms. The van der Waals surface area contributed by atoms with E-state index >= 15 is 0 Å². The molecule has 1 atom stereocenters. The number of morpholine rings is 1. The Labute approximate surface area is 165 Å². The fraction of sp³-hybridized carbons (Fsp3) is 0.409. The lowest BCUT2D eigenvalue weighted by molar-refractivity contribution is 0.0187. The van der Waals surface area contributed by atoms with E-state index in [0.29, 0.717) is 35.0 Å². The molecule has 150 valence electrons. The van der Waals surface area contributed by atoms with E-state index in [0.717, 1.165) is 32.7 Å². The molecule has 2 aromatic rings. The first-order chi connectivity index (χ1) is 13.6. The molecule has 1 fully saturated rings. The molecule has 1 aliphatic rings. The lowest BCUT2D eigenvalue weighted by atomic mass is 10.0. The van der Waals surface area contributed by atoms with Gasteiger partial charge in [0.2, 0.25) is 0 Å². The zero-order valence-corrected chi connectivity index (χ0v) is 16.4. The quantitative estimate of drug-likeness (QED) is 0.793. The largest absolute Gasteiger partial charge is 0.497 e. The van der Waals surface area contributed by atoms with E-state index in [4.69, 9.17) is 9.47 Å². The van der Waals surface area contributed by atoms with Crippen LogP contribution < -0.4 is 10.1 Å². The molecule has 1 heterocycles. The van der Waals surface area contributed by atoms with Gasteiger partial charge in [0, 0.05) is 42.9 Å². The van der Waals surface area contributed by atoms with E-state index in [1.54, 1.807) is 36.4 Å². The lowest BCUT2D eigenvalue weighted by Gasteiger charge is -2.32. The highest BCUT2D eigenvalue weighted by molar-refractivity contribution is 5.95. The van der Waals surface area contributed by atoms with Gasteiger partial charge in [0.05, 0.1) is 20.3 Å². The number of nitrogens with zero attached hydrogens (tertiary/aromatic N) is 1. The molecular weight excluding hydrogens is 359 g/mol. The van der Waals surface area contributed by atoms with Crippen molar-refractivity contribution >= 4 is 5.91 Å². The topological polar surface area (TPSA) is 50.8 Å². The third-order valence-electron chi connectivity index (χ3n) is 5.13. The zero-order valence-electron chi connectivity index (χ0n) is 16.4. The van der Waals surface area contributed by atoms with Crippen molar-refractivity contribution in [2.75, 3.05) is 40.0 Å². The Morgan fingerprint density at radius 3 is 2.75 bits per heavy atom. The fourth-order valence-electron chi connectivity index (χ4n) is 3.38. The minimum Gasteiger partial charge on any atom is -0.497 e. The van der Waals surface area contributed by atoms with Crippen LogP contribution in [0.3, 0.4) is 0 Å². The predicted molar refractivity (Wildman–Crippen MR) is 107 cm³/mol. The summed E-state index contributed by atoms with van der Waals surface area (Å²) in [5, 5.41) is 2.97. The molecule has 0 unspecified atom stereocenters. The SMILES string of the molecule is COc1ccc(-c2cccc(C(=O)NCC[C@H](C)N3CCOCC3)c2)c(F)c1. The van der Waals surface area contributed by atoms with Crippen LogP contribution in [0.15, 0.2) is 42.5 Å². The van der Waals surface area contributed by atoms with Crippen molar-refractivity contribution in [3.8, 4) is 16.9 Å². The summed E-state index contributed by atoms with van der Waals surface area (Å²) >= 11 is 0. The van der Waals surface area contributed by atoms with Crippen molar-refractivity contribution < 1.29 is 18.7 Å². The van der Waals surface area contributed by atoms with Crippen LogP contribution in [0.5, 0.6) is 5.75 Å². The fourth-order valence-corrected chi connectivity index (χ4v) is 3.38. The number of carbonyl (C=O) groups excluding carboxylic acids is 1. The van der Waals surface area contributed by atoms with Crippen molar-refractivity contribution in [2.45, 2.75) is 19.4 Å². The van der Waals surface area contributed by atoms with E-state index in [1.165, 1.54) is 13.2 Å². The van der Waals surface area contributed by atoms with Gasteiger partial charge in [-0.05, 0) is 43.2 Å². The normalized spacial score (nSPS) is 15.8. The summed E-state index contributed by atoms with van der Waals surface area (Å²) in [6.45, 7) is 6.18. The van der Waals surface area contributed by atoms with E-state index in [9.17, 15) is 9.18 Å². The van der Waals surface area contributed by atoms with E-state index < -0.39 is 0 Å². The number of nitrogens with one attached hydrogen (secondary N) is 1. The van der Waals surface area contributed by atoms with E-state index in [1.807, 2.05) is 0 Å². The van der Waals surface area contributed by atoms with Crippen LogP contribution in [0, 0.1) is 5.82 Å². The van der Waals surface area contributed by atoms with E-state index in [-0.39, 0.29) is 11.7 Å². The van der Waals surface area contributed by atoms with Gasteiger partial charge in [-0.3, -0.25) is 9.69 Å². The molecule has 1 amide bonds. The van der Waals surface area contributed by atoms with Gasteiger partial charge in [-0.2, -0.15) is 0 Å². The minimum atomic E-state index is -0.378. The highest BCUT2D eigenvalue weighted by atomic mass is 19.1. The van der Waals surface area contributed by atoms with Gasteiger partial charge in [0.15, 0.2) is 0 Å². The Hall–Kier alpha value is -2.44. The molecule has 2 aromatic carbocycles. The van der Waals surface area contributed by atoms with Crippen LogP contribution >= 0.6 is 0 Å². The number of methoxy groups -OCH3 is 1. The number of carbonyl (C=O) groups is 1. The molecule has 0 aliphatic carbocycles. The summed E-state index contributed by atoms with van der Waals surface area (Å²) in [5.74, 6) is -0.0641. The standard InChI is InChI=1S/C22H27FN2O3/c1-16(25-10-12-28-13-11-25)8-9-24-22(26)18-5-3-4-17(14-18)20-7-6-19(27-2)15-21(20)23/h3-7,14-16H,8-13H2,1-2H3,(H,24,26)/t16-/m0/s1. The van der Waals surface area contributed by atoms with Crippen LogP contribution in [0.1, 0.15) is 23.7 Å². The number of amides is 1. The number of ether oxygens (including phenoxy) is 2. The minimum absolute atomic E-state index is 0.148. The monoisotopic (exact) mass is 386 g/mol. The average molecular weight is 386 g/mol. The maximum atomic E-state index is 14.3. The summed E-state index contributed by atoms with van der Waals surface area (Å²) in [4.78, 5) is 14.9. The van der Waals surface area contributed by atoms with Crippen molar-refractivity contribution in [2.24, 2.45) is 0 Å². The molecule has 1 saturated heterocycles. The summed E-state index contributed by atoms with van der Waals surface area (Å²) < 4.78 is 24.7. The Balaban J connectivity index is 1.59. The smallest absolute Gasteiger partial charge is 0.251 e. The average Bonchev–Trinajstić information content (AvgIpc) is 2.74. The summed E-state index contributed by atoms with van der Waals surface area (Å²) in [5.41, 5.74) is 1.62. The number of hydrogen-bond acceptors (Lipinski definition) is 4. The highest BCUT2D eigenvalue weighted by Gasteiger charge is 2.17. The van der Waals surface area contributed by atoms with Crippen molar-refractivity contribution in [1.29, 1.82) is 0 Å². The molecule has 5 nitrogen and oxygen atoms in total. The molecule has 0 radical (unpaired) electrons. The van der Waals surface area contributed by atoms with E-state index in [2.05, 4.69) is 17.1 Å². The Morgan fingerprint density at radius 2 is 2.04 bits per heavy atom. The second kappa shape index (κ2) is 9.66. The second-order valence-electron chi connectivity index (χ2n) is 6.97.